The van der Waals surface area contributed by atoms with E-state index in [2.05, 4.69) is 173 Å². The fourth-order valence-corrected chi connectivity index (χ4v) is 8.15. The fourth-order valence-electron chi connectivity index (χ4n) is 8.15. The van der Waals surface area contributed by atoms with Gasteiger partial charge in [0.05, 0.1) is 27.8 Å². The molecule has 0 aliphatic carbocycles. The van der Waals surface area contributed by atoms with Gasteiger partial charge in [0.1, 0.15) is 22.3 Å². The highest BCUT2D eigenvalue weighted by atomic mass is 16.3. The van der Waals surface area contributed by atoms with Crippen molar-refractivity contribution in [2.75, 3.05) is 4.90 Å². The number of benzene rings is 8. The van der Waals surface area contributed by atoms with Crippen LogP contribution in [0.5, 0.6) is 0 Å². The molecular weight excluding hydrogens is 637 g/mol. The first-order chi connectivity index (χ1) is 25.8. The second kappa shape index (κ2) is 11.2. The van der Waals surface area contributed by atoms with E-state index >= 15 is 0 Å². The van der Waals surface area contributed by atoms with Crippen molar-refractivity contribution < 1.29 is 8.83 Å². The number of para-hydroxylation sites is 4. The highest BCUT2D eigenvalue weighted by Crippen LogP contribution is 2.49. The predicted molar refractivity (Wildman–Crippen MR) is 215 cm³/mol. The third-order valence-corrected chi connectivity index (χ3v) is 10.4. The predicted octanol–water partition coefficient (Wildman–Crippen LogP) is 13.7. The number of rotatable bonds is 5. The summed E-state index contributed by atoms with van der Waals surface area (Å²) in [7, 11) is 0. The molecule has 8 aromatic carbocycles. The maximum Gasteiger partial charge on any atom is 0.145 e. The molecule has 0 aliphatic rings. The summed E-state index contributed by atoms with van der Waals surface area (Å²) in [5.41, 5.74) is 12.2. The molecule has 0 saturated carbocycles. The van der Waals surface area contributed by atoms with Crippen molar-refractivity contribution in [3.63, 3.8) is 0 Å². The van der Waals surface area contributed by atoms with Crippen LogP contribution in [0.25, 0.3) is 82.5 Å². The molecule has 244 valence electrons. The average Bonchev–Trinajstić information content (AvgIpc) is 3.89. The molecule has 0 bridgehead atoms. The van der Waals surface area contributed by atoms with Crippen molar-refractivity contribution in [1.82, 2.24) is 4.57 Å². The standard InChI is InChI=1S/C48H30N2O2/c1-3-14-31(15-4-1)34-27-28-42(47-37-20-9-12-25-44(37)52-48(34)47)50(33-26-29-45-38(30-33)35-18-8-11-24-43(35)51-45)41-23-13-22-40-46(41)36-19-7-10-21-39(36)49(40)32-16-5-2-6-17-32/h1-30H. The van der Waals surface area contributed by atoms with Crippen LogP contribution in [0, 0.1) is 0 Å². The number of aromatic nitrogens is 1. The molecule has 0 atom stereocenters. The number of hydrogen-bond acceptors (Lipinski definition) is 3. The van der Waals surface area contributed by atoms with Gasteiger partial charge in [-0.2, -0.15) is 0 Å². The molecular formula is C48H30N2O2. The van der Waals surface area contributed by atoms with Gasteiger partial charge in [0.2, 0.25) is 0 Å². The second-order valence-corrected chi connectivity index (χ2v) is 13.3. The number of hydrogen-bond donors (Lipinski definition) is 0. The minimum Gasteiger partial charge on any atom is -0.456 e. The molecule has 11 rings (SSSR count). The zero-order valence-electron chi connectivity index (χ0n) is 28.0. The van der Waals surface area contributed by atoms with E-state index in [1.807, 2.05) is 18.2 Å². The normalized spacial score (nSPS) is 11.8. The summed E-state index contributed by atoms with van der Waals surface area (Å²) >= 11 is 0. The Labute approximate surface area is 299 Å². The molecule has 0 N–H and O–H groups in total. The summed E-state index contributed by atoms with van der Waals surface area (Å²) < 4.78 is 15.5. The maximum atomic E-state index is 6.79. The van der Waals surface area contributed by atoms with E-state index in [0.29, 0.717) is 0 Å². The Morgan fingerprint density at radius 1 is 0.404 bits per heavy atom. The van der Waals surface area contributed by atoms with Gasteiger partial charge >= 0.3 is 0 Å². The van der Waals surface area contributed by atoms with Gasteiger partial charge in [0.15, 0.2) is 0 Å². The van der Waals surface area contributed by atoms with Gasteiger partial charge in [-0.3, -0.25) is 0 Å². The van der Waals surface area contributed by atoms with Gasteiger partial charge in [0, 0.05) is 43.9 Å². The van der Waals surface area contributed by atoms with Gasteiger partial charge in [0.25, 0.3) is 0 Å². The number of nitrogens with zero attached hydrogens (tertiary/aromatic N) is 2. The molecule has 0 amide bonds. The van der Waals surface area contributed by atoms with Crippen LogP contribution in [0.1, 0.15) is 0 Å². The van der Waals surface area contributed by atoms with Crippen molar-refractivity contribution in [2.24, 2.45) is 0 Å². The van der Waals surface area contributed by atoms with E-state index in [4.69, 9.17) is 8.83 Å². The molecule has 0 saturated heterocycles. The molecule has 0 spiro atoms. The monoisotopic (exact) mass is 666 g/mol. The first-order valence-corrected chi connectivity index (χ1v) is 17.6. The van der Waals surface area contributed by atoms with Gasteiger partial charge in [-0.1, -0.05) is 109 Å². The summed E-state index contributed by atoms with van der Waals surface area (Å²) in [5.74, 6) is 0. The Balaban J connectivity index is 1.28. The highest BCUT2D eigenvalue weighted by Gasteiger charge is 2.26. The van der Waals surface area contributed by atoms with Crippen LogP contribution in [-0.2, 0) is 0 Å². The van der Waals surface area contributed by atoms with Gasteiger partial charge in [-0.25, -0.2) is 0 Å². The molecule has 0 fully saturated rings. The molecule has 0 radical (unpaired) electrons. The smallest absolute Gasteiger partial charge is 0.145 e. The van der Waals surface area contributed by atoms with Crippen molar-refractivity contribution in [2.45, 2.75) is 0 Å². The third-order valence-electron chi connectivity index (χ3n) is 10.4. The van der Waals surface area contributed by atoms with Crippen LogP contribution in [0.15, 0.2) is 191 Å². The number of anilines is 3. The van der Waals surface area contributed by atoms with E-state index in [9.17, 15) is 0 Å². The number of fused-ring (bicyclic) bond motifs is 9. The lowest BCUT2D eigenvalue weighted by molar-refractivity contribution is 0.669. The van der Waals surface area contributed by atoms with E-state index < -0.39 is 0 Å². The topological polar surface area (TPSA) is 34.5 Å². The Hall–Kier alpha value is -7.04. The van der Waals surface area contributed by atoms with Crippen molar-refractivity contribution >= 4 is 82.7 Å². The lowest BCUT2D eigenvalue weighted by Gasteiger charge is -2.27. The number of furan rings is 2. The Morgan fingerprint density at radius 3 is 1.87 bits per heavy atom. The van der Waals surface area contributed by atoms with Crippen LogP contribution >= 0.6 is 0 Å². The summed E-state index contributed by atoms with van der Waals surface area (Å²) in [6.45, 7) is 0. The van der Waals surface area contributed by atoms with Crippen LogP contribution in [-0.4, -0.2) is 4.57 Å². The summed E-state index contributed by atoms with van der Waals surface area (Å²) in [5, 5.41) is 6.67. The lowest BCUT2D eigenvalue weighted by Crippen LogP contribution is -2.11. The summed E-state index contributed by atoms with van der Waals surface area (Å²) in [6.07, 6.45) is 0. The SMILES string of the molecule is c1ccc(-c2ccc(N(c3ccc4oc5ccccc5c4c3)c3cccc4c3c3ccccc3n4-c3ccccc3)c3c2oc2ccccc23)cc1. The largest absolute Gasteiger partial charge is 0.456 e. The van der Waals surface area contributed by atoms with Crippen LogP contribution < -0.4 is 4.90 Å². The van der Waals surface area contributed by atoms with E-state index in [1.54, 1.807) is 0 Å². The molecule has 3 aromatic heterocycles. The molecule has 0 aliphatic heterocycles. The lowest BCUT2D eigenvalue weighted by atomic mass is 9.99. The molecule has 3 heterocycles. The minimum atomic E-state index is 0.859. The Bertz CT molecular complexity index is 3120. The van der Waals surface area contributed by atoms with E-state index in [0.717, 1.165) is 88.8 Å². The van der Waals surface area contributed by atoms with Crippen molar-refractivity contribution in [3.05, 3.63) is 182 Å². The summed E-state index contributed by atoms with van der Waals surface area (Å²) in [6, 6.07) is 64.2. The first-order valence-electron chi connectivity index (χ1n) is 17.6. The maximum absolute atomic E-state index is 6.79. The van der Waals surface area contributed by atoms with Gasteiger partial charge in [-0.15, -0.1) is 0 Å². The van der Waals surface area contributed by atoms with Crippen LogP contribution in [0.3, 0.4) is 0 Å². The van der Waals surface area contributed by atoms with E-state index in [1.165, 1.54) is 10.8 Å². The summed E-state index contributed by atoms with van der Waals surface area (Å²) in [4.78, 5) is 2.42. The highest BCUT2D eigenvalue weighted by molar-refractivity contribution is 6.21. The molecule has 4 nitrogen and oxygen atoms in total. The van der Waals surface area contributed by atoms with E-state index in [-0.39, 0.29) is 0 Å². The first kappa shape index (κ1) is 28.8. The quantitative estimate of drug-likeness (QED) is 0.183. The molecule has 52 heavy (non-hydrogen) atoms. The third kappa shape index (κ3) is 4.21. The van der Waals surface area contributed by atoms with Crippen molar-refractivity contribution in [1.29, 1.82) is 0 Å². The van der Waals surface area contributed by atoms with Gasteiger partial charge in [-0.05, 0) is 78.4 Å². The zero-order chi connectivity index (χ0) is 34.2. The zero-order valence-corrected chi connectivity index (χ0v) is 28.0. The Morgan fingerprint density at radius 2 is 1.04 bits per heavy atom. The fraction of sp³-hybridized carbons (Fsp3) is 0. The molecule has 11 aromatic rings. The Kier molecular flexibility index (Phi) is 6.22. The average molecular weight is 667 g/mol. The van der Waals surface area contributed by atoms with Crippen LogP contribution in [0.4, 0.5) is 17.1 Å². The van der Waals surface area contributed by atoms with Crippen LogP contribution in [0.2, 0.25) is 0 Å². The minimum absolute atomic E-state index is 0.859. The molecule has 0 unspecified atom stereocenters. The van der Waals surface area contributed by atoms with Gasteiger partial charge < -0.3 is 18.3 Å². The molecule has 4 heteroatoms. The second-order valence-electron chi connectivity index (χ2n) is 13.3. The van der Waals surface area contributed by atoms with Crippen molar-refractivity contribution in [3.8, 4) is 16.8 Å².